The lowest BCUT2D eigenvalue weighted by atomic mass is 9.96. The molecule has 2 rings (SSSR count). The SMILES string of the molecule is CC(C)(O)C1CCCN1Cc1cc(F)ccc1F. The van der Waals surface area contributed by atoms with Crippen LogP contribution in [0.4, 0.5) is 8.78 Å². The van der Waals surface area contributed by atoms with E-state index in [-0.39, 0.29) is 6.04 Å². The van der Waals surface area contributed by atoms with Crippen LogP contribution in [0.3, 0.4) is 0 Å². The van der Waals surface area contributed by atoms with Crippen molar-refractivity contribution < 1.29 is 13.9 Å². The first-order valence-electron chi connectivity index (χ1n) is 6.28. The van der Waals surface area contributed by atoms with Gasteiger partial charge in [-0.25, -0.2) is 8.78 Å². The molecule has 0 saturated carbocycles. The first-order chi connectivity index (χ1) is 8.38. The summed E-state index contributed by atoms with van der Waals surface area (Å²) in [6, 6.07) is 3.51. The highest BCUT2D eigenvalue weighted by Gasteiger charge is 2.35. The van der Waals surface area contributed by atoms with Gasteiger partial charge < -0.3 is 5.11 Å². The highest BCUT2D eigenvalue weighted by atomic mass is 19.1. The Bertz CT molecular complexity index is 428. The number of nitrogens with zero attached hydrogens (tertiary/aromatic N) is 1. The van der Waals surface area contributed by atoms with Crippen LogP contribution < -0.4 is 0 Å². The second-order valence-electron chi connectivity index (χ2n) is 5.52. The van der Waals surface area contributed by atoms with E-state index in [1.54, 1.807) is 13.8 Å². The maximum absolute atomic E-state index is 13.6. The minimum atomic E-state index is -0.819. The Kier molecular flexibility index (Phi) is 3.69. The smallest absolute Gasteiger partial charge is 0.127 e. The van der Waals surface area contributed by atoms with Crippen LogP contribution in [0.2, 0.25) is 0 Å². The lowest BCUT2D eigenvalue weighted by Crippen LogP contribution is -2.45. The molecule has 1 aromatic rings. The maximum Gasteiger partial charge on any atom is 0.127 e. The number of aliphatic hydroxyl groups is 1. The molecular weight excluding hydrogens is 236 g/mol. The first kappa shape index (κ1) is 13.4. The van der Waals surface area contributed by atoms with E-state index in [0.717, 1.165) is 31.5 Å². The van der Waals surface area contributed by atoms with Gasteiger partial charge in [0.2, 0.25) is 0 Å². The maximum atomic E-state index is 13.6. The van der Waals surface area contributed by atoms with Gasteiger partial charge in [-0.2, -0.15) is 0 Å². The Hall–Kier alpha value is -1.00. The van der Waals surface area contributed by atoms with Gasteiger partial charge in [0.05, 0.1) is 5.60 Å². The van der Waals surface area contributed by atoms with Crippen LogP contribution in [-0.4, -0.2) is 28.2 Å². The largest absolute Gasteiger partial charge is 0.389 e. The number of halogens is 2. The van der Waals surface area contributed by atoms with Crippen LogP contribution in [-0.2, 0) is 6.54 Å². The van der Waals surface area contributed by atoms with Gasteiger partial charge in [-0.05, 0) is 51.4 Å². The van der Waals surface area contributed by atoms with Crippen LogP contribution in [0.5, 0.6) is 0 Å². The van der Waals surface area contributed by atoms with Crippen molar-refractivity contribution in [3.05, 3.63) is 35.4 Å². The van der Waals surface area contributed by atoms with Gasteiger partial charge in [-0.15, -0.1) is 0 Å². The van der Waals surface area contributed by atoms with Crippen molar-refractivity contribution in [1.29, 1.82) is 0 Å². The number of rotatable bonds is 3. The summed E-state index contributed by atoms with van der Waals surface area (Å²) in [7, 11) is 0. The molecule has 0 spiro atoms. The van der Waals surface area contributed by atoms with Crippen molar-refractivity contribution in [2.24, 2.45) is 0 Å². The van der Waals surface area contributed by atoms with Gasteiger partial charge in [-0.3, -0.25) is 4.90 Å². The zero-order valence-corrected chi connectivity index (χ0v) is 10.8. The van der Waals surface area contributed by atoms with E-state index >= 15 is 0 Å². The third kappa shape index (κ3) is 2.87. The fourth-order valence-electron chi connectivity index (χ4n) is 2.70. The van der Waals surface area contributed by atoms with Crippen molar-refractivity contribution >= 4 is 0 Å². The predicted octanol–water partition coefficient (Wildman–Crippen LogP) is 2.70. The summed E-state index contributed by atoms with van der Waals surface area (Å²) < 4.78 is 26.7. The van der Waals surface area contributed by atoms with Crippen molar-refractivity contribution in [3.8, 4) is 0 Å². The fourth-order valence-corrected chi connectivity index (χ4v) is 2.70. The second-order valence-corrected chi connectivity index (χ2v) is 5.52. The molecule has 2 nitrogen and oxygen atoms in total. The molecule has 0 amide bonds. The fraction of sp³-hybridized carbons (Fsp3) is 0.571. The summed E-state index contributed by atoms with van der Waals surface area (Å²) in [5.41, 5.74) is -0.466. The predicted molar refractivity (Wildman–Crippen MR) is 66.1 cm³/mol. The molecule has 1 saturated heterocycles. The van der Waals surface area contributed by atoms with Crippen LogP contribution in [0.25, 0.3) is 0 Å². The monoisotopic (exact) mass is 255 g/mol. The Morgan fingerprint density at radius 2 is 2.11 bits per heavy atom. The van der Waals surface area contributed by atoms with Gasteiger partial charge in [0.25, 0.3) is 0 Å². The third-order valence-corrected chi connectivity index (χ3v) is 3.56. The molecule has 1 unspecified atom stereocenters. The summed E-state index contributed by atoms with van der Waals surface area (Å²) >= 11 is 0. The van der Waals surface area contributed by atoms with Gasteiger partial charge in [0, 0.05) is 18.2 Å². The Morgan fingerprint density at radius 3 is 2.78 bits per heavy atom. The van der Waals surface area contributed by atoms with Gasteiger partial charge in [-0.1, -0.05) is 0 Å². The molecule has 1 fully saturated rings. The van der Waals surface area contributed by atoms with Crippen molar-refractivity contribution in [2.75, 3.05) is 6.54 Å². The van der Waals surface area contributed by atoms with E-state index in [1.807, 2.05) is 4.90 Å². The van der Waals surface area contributed by atoms with Gasteiger partial charge in [0.15, 0.2) is 0 Å². The molecule has 0 bridgehead atoms. The molecule has 18 heavy (non-hydrogen) atoms. The third-order valence-electron chi connectivity index (χ3n) is 3.56. The van der Waals surface area contributed by atoms with Crippen molar-refractivity contribution in [1.82, 2.24) is 4.90 Å². The van der Waals surface area contributed by atoms with E-state index in [9.17, 15) is 13.9 Å². The lowest BCUT2D eigenvalue weighted by Gasteiger charge is -2.33. The molecule has 0 aromatic heterocycles. The van der Waals surface area contributed by atoms with E-state index in [2.05, 4.69) is 0 Å². The molecule has 0 aliphatic carbocycles. The van der Waals surface area contributed by atoms with Crippen LogP contribution in [0.1, 0.15) is 32.3 Å². The molecule has 1 heterocycles. The number of hydrogen-bond donors (Lipinski definition) is 1. The summed E-state index contributed by atoms with van der Waals surface area (Å²) in [6.07, 6.45) is 1.87. The average Bonchev–Trinajstić information content (AvgIpc) is 2.71. The average molecular weight is 255 g/mol. The molecular formula is C14H19F2NO. The zero-order valence-electron chi connectivity index (χ0n) is 10.8. The van der Waals surface area contributed by atoms with E-state index in [0.29, 0.717) is 12.1 Å². The molecule has 4 heteroatoms. The van der Waals surface area contributed by atoms with Crippen molar-refractivity contribution in [2.45, 2.75) is 44.9 Å². The minimum absolute atomic E-state index is 0.000155. The van der Waals surface area contributed by atoms with Crippen LogP contribution in [0, 0.1) is 11.6 Å². The van der Waals surface area contributed by atoms with E-state index in [4.69, 9.17) is 0 Å². The number of likely N-dealkylation sites (tertiary alicyclic amines) is 1. The highest BCUT2D eigenvalue weighted by Crippen LogP contribution is 2.28. The summed E-state index contributed by atoms with van der Waals surface area (Å²) in [5.74, 6) is -0.816. The minimum Gasteiger partial charge on any atom is -0.389 e. The zero-order chi connectivity index (χ0) is 13.3. The normalized spacial score (nSPS) is 21.5. The summed E-state index contributed by atoms with van der Waals surface area (Å²) in [5, 5.41) is 10.1. The molecule has 1 atom stereocenters. The van der Waals surface area contributed by atoms with E-state index in [1.165, 1.54) is 6.07 Å². The second kappa shape index (κ2) is 4.94. The van der Waals surface area contributed by atoms with Crippen molar-refractivity contribution in [3.63, 3.8) is 0 Å². The quantitative estimate of drug-likeness (QED) is 0.897. The lowest BCUT2D eigenvalue weighted by molar-refractivity contribution is -0.00533. The summed E-state index contributed by atoms with van der Waals surface area (Å²) in [4.78, 5) is 2.03. The van der Waals surface area contributed by atoms with Gasteiger partial charge in [0.1, 0.15) is 11.6 Å². The molecule has 1 aliphatic heterocycles. The molecule has 0 radical (unpaired) electrons. The van der Waals surface area contributed by atoms with Crippen LogP contribution >= 0.6 is 0 Å². The first-order valence-corrected chi connectivity index (χ1v) is 6.28. The molecule has 1 aromatic carbocycles. The number of hydrogen-bond acceptors (Lipinski definition) is 2. The topological polar surface area (TPSA) is 23.5 Å². The highest BCUT2D eigenvalue weighted by molar-refractivity contribution is 5.19. The van der Waals surface area contributed by atoms with E-state index < -0.39 is 17.2 Å². The summed E-state index contributed by atoms with van der Waals surface area (Å²) in [6.45, 7) is 4.68. The standard InChI is InChI=1S/C14H19F2NO/c1-14(2,18)13-4-3-7-17(13)9-10-8-11(15)5-6-12(10)16/h5-6,8,13,18H,3-4,7,9H2,1-2H3. The Morgan fingerprint density at radius 1 is 1.39 bits per heavy atom. The molecule has 100 valence electrons. The Balaban J connectivity index is 2.15. The van der Waals surface area contributed by atoms with Gasteiger partial charge >= 0.3 is 0 Å². The molecule has 1 N–H and O–H groups in total. The Labute approximate surface area is 106 Å². The number of benzene rings is 1. The molecule has 1 aliphatic rings. The van der Waals surface area contributed by atoms with Crippen LogP contribution in [0.15, 0.2) is 18.2 Å².